The van der Waals surface area contributed by atoms with E-state index in [1.54, 1.807) is 49.5 Å². The van der Waals surface area contributed by atoms with Crippen molar-refractivity contribution in [3.8, 4) is 17.6 Å². The maximum atomic E-state index is 13.0. The summed E-state index contributed by atoms with van der Waals surface area (Å²) in [4.78, 5) is 5.50. The van der Waals surface area contributed by atoms with Crippen LogP contribution >= 0.6 is 0 Å². The highest BCUT2D eigenvalue weighted by Gasteiger charge is 2.43. The lowest BCUT2D eigenvalue weighted by atomic mass is 10.0. The molecular formula is C19H19N3O5S. The smallest absolute Gasteiger partial charge is 0.231 e. The summed E-state index contributed by atoms with van der Waals surface area (Å²) < 4.78 is 39.2. The van der Waals surface area contributed by atoms with Crippen LogP contribution in [-0.4, -0.2) is 39.2 Å². The van der Waals surface area contributed by atoms with Crippen LogP contribution in [0.2, 0.25) is 0 Å². The molecule has 2 aromatic carbocycles. The summed E-state index contributed by atoms with van der Waals surface area (Å²) in [5, 5.41) is 9.85. The standard InChI is InChI=1S/C19H19N3O5S/c1-22-19(15-4-2-3-13(7-15)9-20)18(11-27-22)28(23,24)21-10-14-5-6-16-17(8-14)26-12-25-16/h2-8,18-19,21H,10-12H2,1H3. The summed E-state index contributed by atoms with van der Waals surface area (Å²) in [7, 11) is -2.00. The van der Waals surface area contributed by atoms with E-state index in [1.807, 2.05) is 0 Å². The quantitative estimate of drug-likeness (QED) is 0.814. The minimum atomic E-state index is -3.69. The zero-order chi connectivity index (χ0) is 19.7. The Labute approximate surface area is 163 Å². The Kier molecular flexibility index (Phi) is 4.95. The Hall–Kier alpha value is -2.64. The fourth-order valence-electron chi connectivity index (χ4n) is 3.41. The highest BCUT2D eigenvalue weighted by Crippen LogP contribution is 2.34. The number of hydroxylamine groups is 2. The number of ether oxygens (including phenoxy) is 2. The van der Waals surface area contributed by atoms with E-state index >= 15 is 0 Å². The SMILES string of the molecule is CN1OCC(S(=O)(=O)NCc2ccc3c(c2)OCO3)C1c1cccc(C#N)c1. The first kappa shape index (κ1) is 18.7. The molecule has 1 fully saturated rings. The average Bonchev–Trinajstić information content (AvgIpc) is 3.32. The zero-order valence-electron chi connectivity index (χ0n) is 15.2. The number of nitriles is 1. The van der Waals surface area contributed by atoms with E-state index < -0.39 is 21.3 Å². The van der Waals surface area contributed by atoms with Crippen LogP contribution in [0.3, 0.4) is 0 Å². The molecule has 0 saturated carbocycles. The van der Waals surface area contributed by atoms with Gasteiger partial charge in [-0.15, -0.1) is 0 Å². The Balaban J connectivity index is 1.53. The van der Waals surface area contributed by atoms with Crippen molar-refractivity contribution in [3.63, 3.8) is 0 Å². The van der Waals surface area contributed by atoms with Crippen LogP contribution in [0, 0.1) is 11.3 Å². The summed E-state index contributed by atoms with van der Waals surface area (Å²) in [6, 6.07) is 13.8. The molecule has 2 aliphatic heterocycles. The first-order valence-electron chi connectivity index (χ1n) is 8.71. The van der Waals surface area contributed by atoms with Crippen molar-refractivity contribution in [2.75, 3.05) is 20.4 Å². The second-order valence-electron chi connectivity index (χ2n) is 6.62. The van der Waals surface area contributed by atoms with Gasteiger partial charge >= 0.3 is 0 Å². The monoisotopic (exact) mass is 401 g/mol. The number of nitrogens with one attached hydrogen (secondary N) is 1. The van der Waals surface area contributed by atoms with Crippen LogP contribution in [0.25, 0.3) is 0 Å². The van der Waals surface area contributed by atoms with Gasteiger partial charge in [-0.1, -0.05) is 18.2 Å². The maximum Gasteiger partial charge on any atom is 0.231 e. The van der Waals surface area contributed by atoms with Crippen molar-refractivity contribution in [3.05, 3.63) is 59.2 Å². The third-order valence-electron chi connectivity index (χ3n) is 4.86. The van der Waals surface area contributed by atoms with Crippen LogP contribution in [0.15, 0.2) is 42.5 Å². The molecule has 2 atom stereocenters. The van der Waals surface area contributed by atoms with Gasteiger partial charge < -0.3 is 9.47 Å². The summed E-state index contributed by atoms with van der Waals surface area (Å²) in [5.74, 6) is 1.25. The molecular weight excluding hydrogens is 382 g/mol. The number of benzene rings is 2. The van der Waals surface area contributed by atoms with Gasteiger partial charge in [-0.05, 0) is 35.4 Å². The number of sulfonamides is 1. The number of rotatable bonds is 5. The topological polar surface area (TPSA) is 101 Å². The highest BCUT2D eigenvalue weighted by atomic mass is 32.2. The fourth-order valence-corrected chi connectivity index (χ4v) is 4.90. The van der Waals surface area contributed by atoms with Crippen LogP contribution in [-0.2, 0) is 21.4 Å². The lowest BCUT2D eigenvalue weighted by Crippen LogP contribution is -2.39. The Morgan fingerprint density at radius 1 is 1.21 bits per heavy atom. The average molecular weight is 401 g/mol. The lowest BCUT2D eigenvalue weighted by Gasteiger charge is -2.23. The number of hydrogen-bond acceptors (Lipinski definition) is 7. The Bertz CT molecular complexity index is 1030. The number of hydrogen-bond donors (Lipinski definition) is 1. The van der Waals surface area contributed by atoms with Crippen LogP contribution in [0.5, 0.6) is 11.5 Å². The molecule has 2 unspecified atom stereocenters. The van der Waals surface area contributed by atoms with E-state index in [1.165, 1.54) is 5.06 Å². The molecule has 0 amide bonds. The molecule has 2 heterocycles. The van der Waals surface area contributed by atoms with E-state index in [4.69, 9.17) is 19.6 Å². The van der Waals surface area contributed by atoms with E-state index in [9.17, 15) is 8.42 Å². The summed E-state index contributed by atoms with van der Waals surface area (Å²) in [6.07, 6.45) is 0. The zero-order valence-corrected chi connectivity index (χ0v) is 16.0. The molecule has 0 aliphatic carbocycles. The van der Waals surface area contributed by atoms with Gasteiger partial charge in [0.2, 0.25) is 16.8 Å². The van der Waals surface area contributed by atoms with Crippen molar-refractivity contribution in [1.82, 2.24) is 9.79 Å². The second kappa shape index (κ2) is 7.41. The van der Waals surface area contributed by atoms with Gasteiger partial charge in [0.15, 0.2) is 11.5 Å². The molecule has 0 aromatic heterocycles. The minimum absolute atomic E-state index is 0.0361. The van der Waals surface area contributed by atoms with E-state index in [-0.39, 0.29) is 19.9 Å². The van der Waals surface area contributed by atoms with Gasteiger partial charge in [0, 0.05) is 13.6 Å². The Morgan fingerprint density at radius 3 is 2.86 bits per heavy atom. The molecule has 0 radical (unpaired) electrons. The van der Waals surface area contributed by atoms with Gasteiger partial charge in [-0.3, -0.25) is 4.84 Å². The fraction of sp³-hybridized carbons (Fsp3) is 0.316. The van der Waals surface area contributed by atoms with Crippen molar-refractivity contribution < 1.29 is 22.7 Å². The highest BCUT2D eigenvalue weighted by molar-refractivity contribution is 7.90. The number of nitrogens with zero attached hydrogens (tertiary/aromatic N) is 2. The van der Waals surface area contributed by atoms with E-state index in [0.29, 0.717) is 17.1 Å². The molecule has 8 nitrogen and oxygen atoms in total. The molecule has 9 heteroatoms. The summed E-state index contributed by atoms with van der Waals surface area (Å²) >= 11 is 0. The van der Waals surface area contributed by atoms with Crippen LogP contribution < -0.4 is 14.2 Å². The first-order valence-corrected chi connectivity index (χ1v) is 10.3. The molecule has 2 aromatic rings. The van der Waals surface area contributed by atoms with E-state index in [2.05, 4.69) is 10.8 Å². The number of fused-ring (bicyclic) bond motifs is 1. The molecule has 2 aliphatic rings. The predicted molar refractivity (Wildman–Crippen MR) is 99.7 cm³/mol. The molecule has 28 heavy (non-hydrogen) atoms. The molecule has 0 bridgehead atoms. The summed E-state index contributed by atoms with van der Waals surface area (Å²) in [6.45, 7) is 0.332. The van der Waals surface area contributed by atoms with Crippen molar-refractivity contribution in [2.24, 2.45) is 0 Å². The summed E-state index contributed by atoms with van der Waals surface area (Å²) in [5.41, 5.74) is 1.96. The predicted octanol–water partition coefficient (Wildman–Crippen LogP) is 1.69. The first-order chi connectivity index (χ1) is 13.5. The van der Waals surface area contributed by atoms with Crippen LogP contribution in [0.4, 0.5) is 0 Å². The largest absolute Gasteiger partial charge is 0.454 e. The third-order valence-corrected chi connectivity index (χ3v) is 6.59. The van der Waals surface area contributed by atoms with Crippen molar-refractivity contribution >= 4 is 10.0 Å². The van der Waals surface area contributed by atoms with Gasteiger partial charge in [-0.25, -0.2) is 13.1 Å². The van der Waals surface area contributed by atoms with Gasteiger partial charge in [0.1, 0.15) is 5.25 Å². The molecule has 1 N–H and O–H groups in total. The van der Waals surface area contributed by atoms with Gasteiger partial charge in [-0.2, -0.15) is 10.3 Å². The molecule has 0 spiro atoms. The Morgan fingerprint density at radius 2 is 2.04 bits per heavy atom. The second-order valence-corrected chi connectivity index (χ2v) is 8.60. The lowest BCUT2D eigenvalue weighted by molar-refractivity contribution is -0.110. The maximum absolute atomic E-state index is 13.0. The van der Waals surface area contributed by atoms with Crippen molar-refractivity contribution in [1.29, 1.82) is 5.26 Å². The molecule has 146 valence electrons. The third kappa shape index (κ3) is 3.55. The van der Waals surface area contributed by atoms with E-state index in [0.717, 1.165) is 11.1 Å². The minimum Gasteiger partial charge on any atom is -0.454 e. The molecule has 4 rings (SSSR count). The van der Waals surface area contributed by atoms with Gasteiger partial charge in [0.05, 0.1) is 24.3 Å². The normalized spacial score (nSPS) is 21.6. The van der Waals surface area contributed by atoms with Crippen LogP contribution in [0.1, 0.15) is 22.7 Å². The van der Waals surface area contributed by atoms with Gasteiger partial charge in [0.25, 0.3) is 0 Å². The van der Waals surface area contributed by atoms with Crippen molar-refractivity contribution in [2.45, 2.75) is 17.8 Å². The molecule has 1 saturated heterocycles.